The van der Waals surface area contributed by atoms with Gasteiger partial charge in [-0.3, -0.25) is 0 Å². The standard InChI is InChI=1S/C18H30N2/c1-4-19-18(14-20-11-7-5-6-8-12-20)17-10-9-15(2)13-16(17)3/h9-10,13,18-19H,4-8,11-12,14H2,1-3H3. The minimum Gasteiger partial charge on any atom is -0.309 e. The van der Waals surface area contributed by atoms with Crippen molar-refractivity contribution in [3.63, 3.8) is 0 Å². The first-order valence-corrected chi connectivity index (χ1v) is 8.23. The lowest BCUT2D eigenvalue weighted by molar-refractivity contribution is 0.252. The zero-order chi connectivity index (χ0) is 14.4. The van der Waals surface area contributed by atoms with E-state index in [1.807, 2.05) is 0 Å². The van der Waals surface area contributed by atoms with Gasteiger partial charge in [-0.05, 0) is 57.5 Å². The van der Waals surface area contributed by atoms with Crippen molar-refractivity contribution in [3.8, 4) is 0 Å². The number of nitrogens with one attached hydrogen (secondary N) is 1. The Hall–Kier alpha value is -0.860. The van der Waals surface area contributed by atoms with Crippen LogP contribution in [0.5, 0.6) is 0 Å². The Balaban J connectivity index is 2.08. The van der Waals surface area contributed by atoms with E-state index in [0.29, 0.717) is 6.04 Å². The largest absolute Gasteiger partial charge is 0.309 e. The van der Waals surface area contributed by atoms with Crippen LogP contribution in [0.3, 0.4) is 0 Å². The van der Waals surface area contributed by atoms with Crippen LogP contribution in [0, 0.1) is 13.8 Å². The minimum atomic E-state index is 0.471. The van der Waals surface area contributed by atoms with Gasteiger partial charge in [0, 0.05) is 12.6 Å². The van der Waals surface area contributed by atoms with Crippen molar-refractivity contribution < 1.29 is 0 Å². The Morgan fingerprint density at radius 2 is 1.80 bits per heavy atom. The summed E-state index contributed by atoms with van der Waals surface area (Å²) in [5.41, 5.74) is 4.25. The second-order valence-electron chi connectivity index (χ2n) is 6.19. The Bertz CT molecular complexity index is 406. The summed E-state index contributed by atoms with van der Waals surface area (Å²) in [6.07, 6.45) is 5.55. The molecule has 1 unspecified atom stereocenters. The van der Waals surface area contributed by atoms with Crippen molar-refractivity contribution in [2.24, 2.45) is 0 Å². The summed E-state index contributed by atoms with van der Waals surface area (Å²) >= 11 is 0. The van der Waals surface area contributed by atoms with Crippen LogP contribution in [0.25, 0.3) is 0 Å². The Labute approximate surface area is 124 Å². The molecule has 1 fully saturated rings. The van der Waals surface area contributed by atoms with E-state index in [4.69, 9.17) is 0 Å². The number of hydrogen-bond donors (Lipinski definition) is 1. The fourth-order valence-electron chi connectivity index (χ4n) is 3.31. The molecule has 1 aliphatic rings. The van der Waals surface area contributed by atoms with Gasteiger partial charge in [0.1, 0.15) is 0 Å². The number of aryl methyl sites for hydroxylation is 2. The van der Waals surface area contributed by atoms with Crippen molar-refractivity contribution in [1.82, 2.24) is 10.2 Å². The number of benzene rings is 1. The van der Waals surface area contributed by atoms with Gasteiger partial charge in [0.25, 0.3) is 0 Å². The fourth-order valence-corrected chi connectivity index (χ4v) is 3.31. The van der Waals surface area contributed by atoms with Gasteiger partial charge in [-0.25, -0.2) is 0 Å². The van der Waals surface area contributed by atoms with Crippen LogP contribution in [0.1, 0.15) is 55.3 Å². The topological polar surface area (TPSA) is 15.3 Å². The minimum absolute atomic E-state index is 0.471. The maximum absolute atomic E-state index is 3.69. The predicted octanol–water partition coefficient (Wildman–Crippen LogP) is 3.83. The van der Waals surface area contributed by atoms with Gasteiger partial charge < -0.3 is 10.2 Å². The summed E-state index contributed by atoms with van der Waals surface area (Å²) in [6.45, 7) is 11.4. The highest BCUT2D eigenvalue weighted by atomic mass is 15.1. The normalized spacial score (nSPS) is 18.8. The summed E-state index contributed by atoms with van der Waals surface area (Å²) in [5.74, 6) is 0. The third-order valence-corrected chi connectivity index (χ3v) is 4.39. The van der Waals surface area contributed by atoms with Crippen LogP contribution >= 0.6 is 0 Å². The lowest BCUT2D eigenvalue weighted by Gasteiger charge is -2.28. The lowest BCUT2D eigenvalue weighted by atomic mass is 9.98. The smallest absolute Gasteiger partial charge is 0.0451 e. The molecule has 0 aromatic heterocycles. The van der Waals surface area contributed by atoms with Gasteiger partial charge >= 0.3 is 0 Å². The molecule has 2 heteroatoms. The maximum atomic E-state index is 3.69. The second-order valence-corrected chi connectivity index (χ2v) is 6.19. The van der Waals surface area contributed by atoms with E-state index < -0.39 is 0 Å². The molecule has 20 heavy (non-hydrogen) atoms. The monoisotopic (exact) mass is 274 g/mol. The Kier molecular flexibility index (Phi) is 6.06. The molecule has 0 saturated carbocycles. The number of hydrogen-bond acceptors (Lipinski definition) is 2. The summed E-state index contributed by atoms with van der Waals surface area (Å²) in [7, 11) is 0. The molecule has 0 amide bonds. The van der Waals surface area contributed by atoms with Crippen molar-refractivity contribution in [3.05, 3.63) is 34.9 Å². The molecule has 1 N–H and O–H groups in total. The number of nitrogens with zero attached hydrogens (tertiary/aromatic N) is 1. The third kappa shape index (κ3) is 4.32. The molecule has 2 rings (SSSR count). The van der Waals surface area contributed by atoms with Crippen molar-refractivity contribution in [2.75, 3.05) is 26.2 Å². The van der Waals surface area contributed by atoms with Crippen LogP contribution in [-0.2, 0) is 0 Å². The molecule has 1 aromatic carbocycles. The van der Waals surface area contributed by atoms with Crippen LogP contribution in [0.15, 0.2) is 18.2 Å². The summed E-state index contributed by atoms with van der Waals surface area (Å²) in [5, 5.41) is 3.69. The zero-order valence-corrected chi connectivity index (χ0v) is 13.4. The average molecular weight is 274 g/mol. The summed E-state index contributed by atoms with van der Waals surface area (Å²) < 4.78 is 0. The maximum Gasteiger partial charge on any atom is 0.0451 e. The van der Waals surface area contributed by atoms with E-state index >= 15 is 0 Å². The van der Waals surface area contributed by atoms with Crippen molar-refractivity contribution in [1.29, 1.82) is 0 Å². The van der Waals surface area contributed by atoms with E-state index in [1.54, 1.807) is 0 Å². The number of likely N-dealkylation sites (N-methyl/N-ethyl adjacent to an activating group) is 1. The number of likely N-dealkylation sites (tertiary alicyclic amines) is 1. The molecule has 0 bridgehead atoms. The van der Waals surface area contributed by atoms with E-state index in [2.05, 4.69) is 49.2 Å². The first-order chi connectivity index (χ1) is 9.70. The SMILES string of the molecule is CCNC(CN1CCCCCC1)c1ccc(C)cc1C. The molecule has 1 saturated heterocycles. The zero-order valence-electron chi connectivity index (χ0n) is 13.4. The van der Waals surface area contributed by atoms with Crippen LogP contribution < -0.4 is 5.32 Å². The van der Waals surface area contributed by atoms with E-state index in [1.165, 1.54) is 55.5 Å². The van der Waals surface area contributed by atoms with Gasteiger partial charge in [0.15, 0.2) is 0 Å². The van der Waals surface area contributed by atoms with Crippen LogP contribution in [0.4, 0.5) is 0 Å². The first kappa shape index (κ1) is 15.5. The highest BCUT2D eigenvalue weighted by molar-refractivity contribution is 5.33. The van der Waals surface area contributed by atoms with Crippen molar-refractivity contribution >= 4 is 0 Å². The number of rotatable bonds is 5. The molecule has 1 heterocycles. The van der Waals surface area contributed by atoms with Gasteiger partial charge in [0.2, 0.25) is 0 Å². The quantitative estimate of drug-likeness (QED) is 0.878. The van der Waals surface area contributed by atoms with Gasteiger partial charge in [-0.1, -0.05) is 43.5 Å². The first-order valence-electron chi connectivity index (χ1n) is 8.23. The third-order valence-electron chi connectivity index (χ3n) is 4.39. The van der Waals surface area contributed by atoms with E-state index in [-0.39, 0.29) is 0 Å². The molecule has 0 aliphatic carbocycles. The molecule has 112 valence electrons. The van der Waals surface area contributed by atoms with Crippen LogP contribution in [-0.4, -0.2) is 31.1 Å². The molecular weight excluding hydrogens is 244 g/mol. The second kappa shape index (κ2) is 7.80. The molecule has 0 spiro atoms. The molecule has 1 aliphatic heterocycles. The van der Waals surface area contributed by atoms with Gasteiger partial charge in [-0.15, -0.1) is 0 Å². The fraction of sp³-hybridized carbons (Fsp3) is 0.667. The van der Waals surface area contributed by atoms with Gasteiger partial charge in [-0.2, -0.15) is 0 Å². The van der Waals surface area contributed by atoms with Crippen molar-refractivity contribution in [2.45, 2.75) is 52.5 Å². The van der Waals surface area contributed by atoms with Crippen LogP contribution in [0.2, 0.25) is 0 Å². The Morgan fingerprint density at radius 1 is 1.10 bits per heavy atom. The van der Waals surface area contributed by atoms with E-state index in [9.17, 15) is 0 Å². The highest BCUT2D eigenvalue weighted by Crippen LogP contribution is 2.21. The summed E-state index contributed by atoms with van der Waals surface area (Å²) in [4.78, 5) is 2.65. The van der Waals surface area contributed by atoms with E-state index in [0.717, 1.165) is 13.1 Å². The summed E-state index contributed by atoms with van der Waals surface area (Å²) in [6, 6.07) is 7.34. The average Bonchev–Trinajstić information content (AvgIpc) is 2.67. The highest BCUT2D eigenvalue weighted by Gasteiger charge is 2.18. The molecule has 2 nitrogen and oxygen atoms in total. The predicted molar refractivity (Wildman–Crippen MR) is 87.2 cm³/mol. The van der Waals surface area contributed by atoms with Gasteiger partial charge in [0.05, 0.1) is 0 Å². The molecule has 0 radical (unpaired) electrons. The molecule has 1 atom stereocenters. The Morgan fingerprint density at radius 3 is 2.40 bits per heavy atom. The molecule has 1 aromatic rings. The lowest BCUT2D eigenvalue weighted by Crippen LogP contribution is -2.36. The molecular formula is C18H30N2.